The summed E-state index contributed by atoms with van der Waals surface area (Å²) in [7, 11) is -3.93. The molecule has 0 bridgehead atoms. The third-order valence-corrected chi connectivity index (χ3v) is 10.5. The maximum atomic E-state index is 14.2. The Kier molecular flexibility index (Phi) is 10.8. The summed E-state index contributed by atoms with van der Waals surface area (Å²) in [6, 6.07) is 3.72. The molecule has 2 aliphatic carbocycles. The Hall–Kier alpha value is -4.47. The van der Waals surface area contributed by atoms with E-state index in [1.54, 1.807) is 59.7 Å². The molecule has 274 valence electrons. The molecule has 0 radical (unpaired) electrons. The first-order valence-electron chi connectivity index (χ1n) is 16.5. The highest BCUT2D eigenvalue weighted by Crippen LogP contribution is 2.45. The molecule has 5 amide bonds. The second-order valence-electron chi connectivity index (χ2n) is 15.2. The Morgan fingerprint density at radius 1 is 1.04 bits per heavy atom. The fourth-order valence-electron chi connectivity index (χ4n) is 5.75. The van der Waals surface area contributed by atoms with E-state index in [-0.39, 0.29) is 30.9 Å². The summed E-state index contributed by atoms with van der Waals surface area (Å²) in [5, 5.41) is 7.16. The van der Waals surface area contributed by atoms with Crippen LogP contribution in [-0.4, -0.2) is 90.1 Å². The first-order chi connectivity index (χ1) is 23.1. The zero-order valence-electron chi connectivity index (χ0n) is 29.5. The second-order valence-corrected chi connectivity index (χ2v) is 17.1. The molecule has 1 aromatic carbocycles. The number of Topliss-reactive ketones (excluding diaryl/α,β-unsaturated/α-hetero) is 1. The molecule has 4 N–H and O–H groups in total. The molecular weight excluding hydrogens is 670 g/mol. The quantitative estimate of drug-likeness (QED) is 0.194. The fraction of sp³-hybridized carbons (Fsp3) is 0.588. The number of nitrogens with zero attached hydrogens (tertiary/aromatic N) is 1. The van der Waals surface area contributed by atoms with Gasteiger partial charge in [0.1, 0.15) is 29.3 Å². The van der Waals surface area contributed by atoms with Crippen LogP contribution in [0.1, 0.15) is 84.5 Å². The average Bonchev–Trinajstić information content (AvgIpc) is 3.91. The number of rotatable bonds is 11. The lowest BCUT2D eigenvalue weighted by atomic mass is 9.85. The Balaban J connectivity index is 1.59. The number of alkyl carbamates (subject to hydrolysis) is 1. The Morgan fingerprint density at radius 3 is 2.24 bits per heavy atom. The van der Waals surface area contributed by atoms with E-state index < -0.39 is 85.8 Å². The molecule has 1 aliphatic heterocycles. The van der Waals surface area contributed by atoms with Gasteiger partial charge in [-0.05, 0) is 64.5 Å². The van der Waals surface area contributed by atoms with Crippen LogP contribution in [0.4, 0.5) is 15.3 Å². The van der Waals surface area contributed by atoms with Crippen LogP contribution in [0, 0.1) is 11.3 Å². The molecule has 2 saturated carbocycles. The zero-order valence-corrected chi connectivity index (χ0v) is 30.3. The van der Waals surface area contributed by atoms with Crippen molar-refractivity contribution in [2.45, 2.75) is 109 Å². The number of nitrogens with one attached hydrogen (secondary N) is 4. The van der Waals surface area contributed by atoms with Crippen molar-refractivity contribution in [3.8, 4) is 0 Å². The number of carbonyl (C=O) groups excluding carboxylic acids is 6. The molecule has 1 heterocycles. The first-order valence-corrected chi connectivity index (χ1v) is 18.0. The van der Waals surface area contributed by atoms with Crippen LogP contribution in [0.2, 0.25) is 0 Å². The molecule has 3 aliphatic rings. The van der Waals surface area contributed by atoms with Gasteiger partial charge in [0.15, 0.2) is 5.78 Å². The maximum absolute atomic E-state index is 14.2. The van der Waals surface area contributed by atoms with Crippen molar-refractivity contribution in [1.82, 2.24) is 20.3 Å². The molecule has 3 fully saturated rings. The number of anilines is 1. The number of carbonyl (C=O) groups is 6. The number of benzene rings is 1. The molecule has 5 unspecified atom stereocenters. The van der Waals surface area contributed by atoms with E-state index in [4.69, 9.17) is 9.47 Å². The number of sulfonamides is 1. The maximum Gasteiger partial charge on any atom is 0.411 e. The molecule has 50 heavy (non-hydrogen) atoms. The highest BCUT2D eigenvalue weighted by atomic mass is 32.2. The van der Waals surface area contributed by atoms with Gasteiger partial charge in [-0.25, -0.2) is 18.0 Å². The standard InChI is InChI=1S/C34H47N5O10S/c1-9-21-17-34(21,29(43)38-50(46,47)24-13-14-24)37-27(41)25-16-23(48-30(44)35-22-12-10-11-20(15-22)19(2)40)18-39(25)28(42)26(32(3,4)5)36-31(45)49-33(6,7)8/h9-12,15,21,23-26H,1,13-14,16-18H2,2-8H3,(H,35,44)(H,36,45)(H,37,41)(H,38,43). The van der Waals surface area contributed by atoms with Gasteiger partial charge in [0.05, 0.1) is 11.8 Å². The van der Waals surface area contributed by atoms with Crippen LogP contribution in [-0.2, 0) is 33.9 Å². The van der Waals surface area contributed by atoms with Crippen LogP contribution in [0.25, 0.3) is 0 Å². The summed E-state index contributed by atoms with van der Waals surface area (Å²) in [6.07, 6.45) is -0.574. The van der Waals surface area contributed by atoms with Crippen molar-refractivity contribution in [1.29, 1.82) is 0 Å². The van der Waals surface area contributed by atoms with E-state index in [2.05, 4.69) is 27.3 Å². The number of likely N-dealkylation sites (tertiary alicyclic amines) is 1. The Bertz CT molecular complexity index is 1680. The van der Waals surface area contributed by atoms with Gasteiger partial charge in [-0.2, -0.15) is 0 Å². The second kappa shape index (κ2) is 14.0. The van der Waals surface area contributed by atoms with Crippen LogP contribution in [0.5, 0.6) is 0 Å². The molecule has 0 aromatic heterocycles. The van der Waals surface area contributed by atoms with Crippen molar-refractivity contribution in [3.63, 3.8) is 0 Å². The van der Waals surface area contributed by atoms with Gasteiger partial charge in [0, 0.05) is 23.6 Å². The van der Waals surface area contributed by atoms with Crippen LogP contribution < -0.4 is 20.7 Å². The normalized spacial score (nSPS) is 23.9. The number of hydrogen-bond donors (Lipinski definition) is 4. The topological polar surface area (TPSA) is 206 Å². The van der Waals surface area contributed by atoms with E-state index in [0.29, 0.717) is 18.4 Å². The predicted molar refractivity (Wildman–Crippen MR) is 182 cm³/mol. The molecular formula is C34H47N5O10S. The molecule has 1 saturated heterocycles. The third-order valence-electron chi connectivity index (χ3n) is 8.66. The highest BCUT2D eigenvalue weighted by molar-refractivity contribution is 7.91. The molecule has 4 rings (SSSR count). The van der Waals surface area contributed by atoms with Gasteiger partial charge in [0.2, 0.25) is 21.8 Å². The van der Waals surface area contributed by atoms with Crippen LogP contribution >= 0.6 is 0 Å². The van der Waals surface area contributed by atoms with E-state index in [9.17, 15) is 37.2 Å². The fourth-order valence-corrected chi connectivity index (χ4v) is 7.11. The number of ketones is 1. The predicted octanol–water partition coefficient (Wildman–Crippen LogP) is 3.02. The van der Waals surface area contributed by atoms with Gasteiger partial charge in [-0.3, -0.25) is 29.2 Å². The highest BCUT2D eigenvalue weighted by Gasteiger charge is 2.62. The summed E-state index contributed by atoms with van der Waals surface area (Å²) in [5.41, 5.74) is -2.71. The van der Waals surface area contributed by atoms with Crippen molar-refractivity contribution >= 4 is 51.4 Å². The molecule has 5 atom stereocenters. The van der Waals surface area contributed by atoms with Crippen LogP contribution in [0.15, 0.2) is 36.9 Å². The molecule has 16 heteroatoms. The van der Waals surface area contributed by atoms with Crippen molar-refractivity contribution in [2.24, 2.45) is 11.3 Å². The van der Waals surface area contributed by atoms with Crippen LogP contribution in [0.3, 0.4) is 0 Å². The van der Waals surface area contributed by atoms with Crippen molar-refractivity contribution in [2.75, 3.05) is 11.9 Å². The van der Waals surface area contributed by atoms with Gasteiger partial charge in [0.25, 0.3) is 5.91 Å². The lowest BCUT2D eigenvalue weighted by molar-refractivity contribution is -0.143. The monoisotopic (exact) mass is 717 g/mol. The van der Waals surface area contributed by atoms with E-state index >= 15 is 0 Å². The summed E-state index contributed by atoms with van der Waals surface area (Å²) < 4.78 is 38.3. The smallest absolute Gasteiger partial charge is 0.411 e. The zero-order chi connectivity index (χ0) is 37.4. The summed E-state index contributed by atoms with van der Waals surface area (Å²) in [4.78, 5) is 80.4. The van der Waals surface area contributed by atoms with Gasteiger partial charge < -0.3 is 25.0 Å². The number of hydrogen-bond acceptors (Lipinski definition) is 10. The molecule has 1 aromatic rings. The van der Waals surface area contributed by atoms with Crippen molar-refractivity contribution < 1.29 is 46.7 Å². The largest absolute Gasteiger partial charge is 0.444 e. The van der Waals surface area contributed by atoms with Gasteiger partial charge in [-0.15, -0.1) is 6.58 Å². The summed E-state index contributed by atoms with van der Waals surface area (Å²) in [5.74, 6) is -3.15. The summed E-state index contributed by atoms with van der Waals surface area (Å²) >= 11 is 0. The molecule has 15 nitrogen and oxygen atoms in total. The summed E-state index contributed by atoms with van der Waals surface area (Å²) in [6.45, 7) is 15.0. The number of ether oxygens (including phenoxy) is 2. The average molecular weight is 718 g/mol. The SMILES string of the molecule is C=CC1CC1(NC(=O)C1CC(OC(=O)Nc2cccc(C(C)=O)c2)CN1C(=O)C(NC(=O)OC(C)(C)C)C(C)(C)C)C(=O)NS(=O)(=O)C1CC1. The van der Waals surface area contributed by atoms with Gasteiger partial charge >= 0.3 is 12.2 Å². The Labute approximate surface area is 292 Å². The lowest BCUT2D eigenvalue weighted by Crippen LogP contribution is -2.60. The number of amides is 5. The lowest BCUT2D eigenvalue weighted by Gasteiger charge is -2.36. The molecule has 0 spiro atoms. The van der Waals surface area contributed by atoms with E-state index in [0.717, 1.165) is 0 Å². The first kappa shape index (κ1) is 38.3. The minimum Gasteiger partial charge on any atom is -0.444 e. The van der Waals surface area contributed by atoms with E-state index in [1.807, 2.05) is 0 Å². The van der Waals surface area contributed by atoms with E-state index in [1.165, 1.54) is 24.0 Å². The minimum absolute atomic E-state index is 0.0847. The van der Waals surface area contributed by atoms with Gasteiger partial charge in [-0.1, -0.05) is 39.0 Å². The Morgan fingerprint density at radius 2 is 1.70 bits per heavy atom. The van der Waals surface area contributed by atoms with Crippen molar-refractivity contribution in [3.05, 3.63) is 42.5 Å². The minimum atomic E-state index is -3.93. The third kappa shape index (κ3) is 9.20.